The first-order chi connectivity index (χ1) is 14.6. The van der Waals surface area contributed by atoms with Gasteiger partial charge in [-0.3, -0.25) is 25.5 Å². The Morgan fingerprint density at radius 1 is 0.900 bits per heavy atom. The normalized spacial score (nSPS) is 12.4. The van der Waals surface area contributed by atoms with Crippen molar-refractivity contribution in [2.75, 3.05) is 4.90 Å². The van der Waals surface area contributed by atoms with Gasteiger partial charge in [0.15, 0.2) is 0 Å². The lowest BCUT2D eigenvalue weighted by atomic mass is 10.0. The van der Waals surface area contributed by atoms with Crippen LogP contribution in [-0.4, -0.2) is 21.9 Å². The predicted molar refractivity (Wildman–Crippen MR) is 121 cm³/mol. The van der Waals surface area contributed by atoms with Gasteiger partial charge in [-0.1, -0.05) is 50.2 Å². The number of pyridine rings is 2. The van der Waals surface area contributed by atoms with Crippen molar-refractivity contribution >= 4 is 39.1 Å². The fraction of sp³-hybridized carbons (Fsp3) is 0.208. The Balaban J connectivity index is 1.96. The zero-order valence-electron chi connectivity index (χ0n) is 17.1. The van der Waals surface area contributed by atoms with Crippen molar-refractivity contribution in [2.45, 2.75) is 26.3 Å². The molecule has 0 unspecified atom stereocenters. The molecule has 30 heavy (non-hydrogen) atoms. The van der Waals surface area contributed by atoms with E-state index < -0.39 is 6.04 Å². The van der Waals surface area contributed by atoms with Gasteiger partial charge in [0.2, 0.25) is 5.91 Å². The Hall–Kier alpha value is -3.35. The summed E-state index contributed by atoms with van der Waals surface area (Å²) in [5.74, 6) is 5.98. The summed E-state index contributed by atoms with van der Waals surface area (Å²) in [6, 6.07) is 18.9. The Kier molecular flexibility index (Phi) is 5.70. The maximum atomic E-state index is 13.8. The number of hydrazine groups is 1. The number of nitrogens with zero attached hydrogens (tertiary/aromatic N) is 3. The van der Waals surface area contributed by atoms with E-state index in [1.165, 1.54) is 0 Å². The van der Waals surface area contributed by atoms with Crippen molar-refractivity contribution in [3.05, 3.63) is 73.1 Å². The number of para-hydroxylation sites is 2. The molecule has 0 spiro atoms. The van der Waals surface area contributed by atoms with Gasteiger partial charge < -0.3 is 0 Å². The van der Waals surface area contributed by atoms with E-state index in [1.807, 2.05) is 60.7 Å². The molecule has 0 aliphatic carbocycles. The van der Waals surface area contributed by atoms with Gasteiger partial charge >= 0.3 is 0 Å². The van der Waals surface area contributed by atoms with Crippen LogP contribution in [-0.2, 0) is 4.79 Å². The summed E-state index contributed by atoms with van der Waals surface area (Å²) in [5, 5.41) is 1.92. The van der Waals surface area contributed by atoms with Crippen molar-refractivity contribution in [2.24, 2.45) is 11.8 Å². The van der Waals surface area contributed by atoms with Crippen LogP contribution < -0.4 is 16.2 Å². The molecule has 152 valence electrons. The van der Waals surface area contributed by atoms with Gasteiger partial charge in [0.1, 0.15) is 6.04 Å². The molecule has 1 amide bonds. The minimum atomic E-state index is -0.539. The first-order valence-corrected chi connectivity index (χ1v) is 10.1. The monoisotopic (exact) mass is 399 g/mol. The number of rotatable bonds is 6. The number of amides is 1. The highest BCUT2D eigenvalue weighted by atomic mass is 16.2. The zero-order valence-corrected chi connectivity index (χ0v) is 17.1. The first-order valence-electron chi connectivity index (χ1n) is 10.1. The fourth-order valence-corrected chi connectivity index (χ4v) is 3.77. The first kappa shape index (κ1) is 19.9. The topological polar surface area (TPSA) is 84.1 Å². The number of nitrogens with two attached hydrogens (primary N) is 1. The van der Waals surface area contributed by atoms with Gasteiger partial charge in [0.25, 0.3) is 0 Å². The van der Waals surface area contributed by atoms with Gasteiger partial charge in [-0.15, -0.1) is 0 Å². The number of aromatic nitrogens is 2. The molecule has 2 aromatic heterocycles. The summed E-state index contributed by atoms with van der Waals surface area (Å²) in [6.45, 7) is 4.14. The molecule has 0 saturated heterocycles. The summed E-state index contributed by atoms with van der Waals surface area (Å²) in [5.41, 5.74) is 5.64. The van der Waals surface area contributed by atoms with E-state index in [-0.39, 0.29) is 5.91 Å². The SMILES string of the molecule is CC(C)C[C@H](NN)C(=O)N(c1cccc2cccnc12)c1cccc2cccnc12. The van der Waals surface area contributed by atoms with Gasteiger partial charge in [0, 0.05) is 23.2 Å². The Labute approximate surface area is 175 Å². The second-order valence-electron chi connectivity index (χ2n) is 7.73. The quantitative estimate of drug-likeness (QED) is 0.372. The van der Waals surface area contributed by atoms with E-state index in [9.17, 15) is 4.79 Å². The average molecular weight is 399 g/mol. The van der Waals surface area contributed by atoms with Crippen LogP contribution in [0.4, 0.5) is 11.4 Å². The average Bonchev–Trinajstić information content (AvgIpc) is 2.77. The number of fused-ring (bicyclic) bond motifs is 2. The summed E-state index contributed by atoms with van der Waals surface area (Å²) in [6.07, 6.45) is 4.09. The highest BCUT2D eigenvalue weighted by Crippen LogP contribution is 2.35. The lowest BCUT2D eigenvalue weighted by molar-refractivity contribution is -0.120. The minimum Gasteiger partial charge on any atom is -0.275 e. The fourth-order valence-electron chi connectivity index (χ4n) is 3.77. The molecule has 6 nitrogen and oxygen atoms in total. The summed E-state index contributed by atoms with van der Waals surface area (Å²) < 4.78 is 0. The maximum absolute atomic E-state index is 13.8. The molecule has 4 aromatic rings. The van der Waals surface area contributed by atoms with Crippen molar-refractivity contribution in [1.82, 2.24) is 15.4 Å². The van der Waals surface area contributed by atoms with Crippen LogP contribution in [0, 0.1) is 5.92 Å². The summed E-state index contributed by atoms with van der Waals surface area (Å²) in [4.78, 5) is 24.7. The van der Waals surface area contributed by atoms with Gasteiger partial charge in [-0.05, 0) is 36.6 Å². The third-order valence-electron chi connectivity index (χ3n) is 5.13. The van der Waals surface area contributed by atoms with E-state index in [0.29, 0.717) is 23.7 Å². The number of carbonyl (C=O) groups is 1. The van der Waals surface area contributed by atoms with Gasteiger partial charge in [0.05, 0.1) is 22.4 Å². The number of hydrogen-bond donors (Lipinski definition) is 2. The van der Waals surface area contributed by atoms with Crippen LogP contribution in [0.15, 0.2) is 73.1 Å². The third-order valence-corrected chi connectivity index (χ3v) is 5.13. The molecule has 1 atom stereocenters. The Morgan fingerprint density at radius 2 is 1.40 bits per heavy atom. The largest absolute Gasteiger partial charge is 0.275 e. The molecular weight excluding hydrogens is 374 g/mol. The van der Waals surface area contributed by atoms with Crippen molar-refractivity contribution in [1.29, 1.82) is 0 Å². The maximum Gasteiger partial charge on any atom is 0.250 e. The van der Waals surface area contributed by atoms with Crippen LogP contribution >= 0.6 is 0 Å². The third kappa shape index (κ3) is 3.75. The van der Waals surface area contributed by atoms with Crippen molar-refractivity contribution in [3.8, 4) is 0 Å². The summed E-state index contributed by atoms with van der Waals surface area (Å²) in [7, 11) is 0. The Morgan fingerprint density at radius 3 is 1.87 bits per heavy atom. The van der Waals surface area contributed by atoms with E-state index in [1.54, 1.807) is 17.3 Å². The highest BCUT2D eigenvalue weighted by molar-refractivity contribution is 6.13. The molecule has 2 aromatic carbocycles. The van der Waals surface area contributed by atoms with Crippen LogP contribution in [0.25, 0.3) is 21.8 Å². The highest BCUT2D eigenvalue weighted by Gasteiger charge is 2.29. The molecule has 2 heterocycles. The van der Waals surface area contributed by atoms with E-state index in [4.69, 9.17) is 5.84 Å². The van der Waals surface area contributed by atoms with Crippen LogP contribution in [0.2, 0.25) is 0 Å². The molecule has 0 aliphatic rings. The molecule has 0 fully saturated rings. The molecule has 0 aliphatic heterocycles. The molecule has 0 saturated carbocycles. The van der Waals surface area contributed by atoms with Crippen molar-refractivity contribution in [3.63, 3.8) is 0 Å². The molecule has 0 radical (unpaired) electrons. The van der Waals surface area contributed by atoms with Crippen LogP contribution in [0.3, 0.4) is 0 Å². The molecule has 0 bridgehead atoms. The number of hydrogen-bond acceptors (Lipinski definition) is 5. The minimum absolute atomic E-state index is 0.137. The standard InChI is InChI=1S/C24H25N5O/c1-16(2)15-19(28-25)24(30)29(20-11-3-7-17-9-5-13-26-22(17)20)21-12-4-8-18-10-6-14-27-23(18)21/h3-14,16,19,28H,15,25H2,1-2H3/t19-/m0/s1. The van der Waals surface area contributed by atoms with Gasteiger partial charge in [-0.25, -0.2) is 5.43 Å². The molecule has 6 heteroatoms. The van der Waals surface area contributed by atoms with E-state index >= 15 is 0 Å². The predicted octanol–water partition coefficient (Wildman–Crippen LogP) is 4.33. The number of benzene rings is 2. The molecule has 4 rings (SSSR count). The second kappa shape index (κ2) is 8.57. The van der Waals surface area contributed by atoms with Crippen LogP contribution in [0.1, 0.15) is 20.3 Å². The van der Waals surface area contributed by atoms with Gasteiger partial charge in [-0.2, -0.15) is 0 Å². The smallest absolute Gasteiger partial charge is 0.250 e. The molecule has 3 N–H and O–H groups in total. The second-order valence-corrected chi connectivity index (χ2v) is 7.73. The number of anilines is 2. The molecular formula is C24H25N5O. The van der Waals surface area contributed by atoms with Crippen molar-refractivity contribution < 1.29 is 4.79 Å². The van der Waals surface area contributed by atoms with Crippen LogP contribution in [0.5, 0.6) is 0 Å². The zero-order chi connectivity index (χ0) is 21.1. The van der Waals surface area contributed by atoms with E-state index in [0.717, 1.165) is 21.8 Å². The lowest BCUT2D eigenvalue weighted by Gasteiger charge is -2.29. The summed E-state index contributed by atoms with van der Waals surface area (Å²) >= 11 is 0. The Bertz CT molecular complexity index is 1100. The number of carbonyl (C=O) groups excluding carboxylic acids is 1. The lowest BCUT2D eigenvalue weighted by Crippen LogP contribution is -2.48. The number of nitrogens with one attached hydrogen (secondary N) is 1. The van der Waals surface area contributed by atoms with E-state index in [2.05, 4.69) is 29.2 Å².